The number of amides is 1. The maximum atomic E-state index is 12.5. The standard InChI is InChI=1S/C17H15N7O2/c1-10(25)16-22-13-3-2-12(7-14(13)23-16)21-17(26)11-4-5-18-15(6-11)24-8-19-20-9-24/h2-10,25H,1H3,(H,21,26)(H,22,23). The molecule has 0 aliphatic carbocycles. The van der Waals surface area contributed by atoms with Gasteiger partial charge in [0, 0.05) is 17.4 Å². The number of pyridine rings is 1. The molecule has 0 fully saturated rings. The lowest BCUT2D eigenvalue weighted by molar-refractivity contribution is 0.102. The van der Waals surface area contributed by atoms with Crippen molar-refractivity contribution in [3.05, 3.63) is 60.6 Å². The van der Waals surface area contributed by atoms with Crippen molar-refractivity contribution in [3.8, 4) is 5.82 Å². The average molecular weight is 349 g/mol. The molecule has 4 aromatic rings. The van der Waals surface area contributed by atoms with E-state index in [0.29, 0.717) is 22.9 Å². The predicted molar refractivity (Wildman–Crippen MR) is 93.8 cm³/mol. The lowest BCUT2D eigenvalue weighted by Gasteiger charge is -2.07. The summed E-state index contributed by atoms with van der Waals surface area (Å²) in [6.45, 7) is 1.64. The van der Waals surface area contributed by atoms with Crippen LogP contribution in [0.3, 0.4) is 0 Å². The van der Waals surface area contributed by atoms with Gasteiger partial charge in [-0.3, -0.25) is 9.36 Å². The number of anilines is 1. The molecule has 1 aromatic carbocycles. The number of H-pyrrole nitrogens is 1. The normalized spacial score (nSPS) is 12.2. The van der Waals surface area contributed by atoms with Crippen LogP contribution < -0.4 is 5.32 Å². The van der Waals surface area contributed by atoms with Gasteiger partial charge in [-0.2, -0.15) is 0 Å². The monoisotopic (exact) mass is 349 g/mol. The number of carbonyl (C=O) groups is 1. The molecule has 0 saturated heterocycles. The van der Waals surface area contributed by atoms with Crippen molar-refractivity contribution in [1.82, 2.24) is 29.7 Å². The number of fused-ring (bicyclic) bond motifs is 1. The van der Waals surface area contributed by atoms with Gasteiger partial charge in [0.1, 0.15) is 30.4 Å². The van der Waals surface area contributed by atoms with E-state index in [9.17, 15) is 9.90 Å². The molecule has 3 heterocycles. The van der Waals surface area contributed by atoms with Crippen molar-refractivity contribution in [2.24, 2.45) is 0 Å². The van der Waals surface area contributed by atoms with Gasteiger partial charge in [-0.05, 0) is 37.3 Å². The summed E-state index contributed by atoms with van der Waals surface area (Å²) in [5, 5.41) is 19.9. The van der Waals surface area contributed by atoms with Crippen molar-refractivity contribution in [1.29, 1.82) is 0 Å². The highest BCUT2D eigenvalue weighted by Gasteiger charge is 2.11. The number of aromatic nitrogens is 6. The molecule has 0 saturated carbocycles. The van der Waals surface area contributed by atoms with E-state index < -0.39 is 6.10 Å². The van der Waals surface area contributed by atoms with Gasteiger partial charge in [0.05, 0.1) is 11.0 Å². The van der Waals surface area contributed by atoms with Crippen LogP contribution in [0.4, 0.5) is 5.69 Å². The summed E-state index contributed by atoms with van der Waals surface area (Å²) >= 11 is 0. The Morgan fingerprint density at radius 3 is 2.81 bits per heavy atom. The van der Waals surface area contributed by atoms with Gasteiger partial charge in [-0.25, -0.2) is 9.97 Å². The predicted octanol–water partition coefficient (Wildman–Crippen LogP) is 1.84. The molecule has 0 spiro atoms. The topological polar surface area (TPSA) is 122 Å². The quantitative estimate of drug-likeness (QED) is 0.517. The third kappa shape index (κ3) is 3.03. The van der Waals surface area contributed by atoms with Gasteiger partial charge in [0.2, 0.25) is 0 Å². The van der Waals surface area contributed by atoms with Crippen LogP contribution in [0.1, 0.15) is 29.2 Å². The summed E-state index contributed by atoms with van der Waals surface area (Å²) in [4.78, 5) is 24.1. The SMILES string of the molecule is CC(O)c1nc2ccc(NC(=O)c3ccnc(-n4cnnc4)c3)cc2[nH]1. The summed E-state index contributed by atoms with van der Waals surface area (Å²) in [7, 11) is 0. The van der Waals surface area contributed by atoms with E-state index in [1.165, 1.54) is 12.7 Å². The van der Waals surface area contributed by atoms with E-state index in [2.05, 4.69) is 30.5 Å². The maximum absolute atomic E-state index is 12.5. The minimum atomic E-state index is -0.687. The van der Waals surface area contributed by atoms with Crippen LogP contribution in [0.2, 0.25) is 0 Å². The van der Waals surface area contributed by atoms with Gasteiger partial charge >= 0.3 is 0 Å². The average Bonchev–Trinajstić information content (AvgIpc) is 3.31. The van der Waals surface area contributed by atoms with E-state index in [4.69, 9.17) is 0 Å². The van der Waals surface area contributed by atoms with Gasteiger partial charge in [-0.15, -0.1) is 10.2 Å². The zero-order valence-electron chi connectivity index (χ0n) is 13.8. The van der Waals surface area contributed by atoms with Gasteiger partial charge in [-0.1, -0.05) is 0 Å². The Kier molecular flexibility index (Phi) is 3.90. The highest BCUT2D eigenvalue weighted by molar-refractivity contribution is 6.05. The van der Waals surface area contributed by atoms with Crippen LogP contribution in [0.15, 0.2) is 49.2 Å². The molecule has 3 N–H and O–H groups in total. The molecule has 0 radical (unpaired) electrons. The molecule has 3 aromatic heterocycles. The third-order valence-electron chi connectivity index (χ3n) is 3.84. The highest BCUT2D eigenvalue weighted by Crippen LogP contribution is 2.20. The van der Waals surface area contributed by atoms with Crippen molar-refractivity contribution in [2.45, 2.75) is 13.0 Å². The molecule has 0 bridgehead atoms. The number of hydrogen-bond donors (Lipinski definition) is 3. The maximum Gasteiger partial charge on any atom is 0.255 e. The number of nitrogens with zero attached hydrogens (tertiary/aromatic N) is 5. The second kappa shape index (κ2) is 6.37. The summed E-state index contributed by atoms with van der Waals surface area (Å²) in [6.07, 6.45) is 3.89. The minimum Gasteiger partial charge on any atom is -0.385 e. The molecule has 1 atom stereocenters. The summed E-state index contributed by atoms with van der Waals surface area (Å²) in [6, 6.07) is 8.59. The van der Waals surface area contributed by atoms with Crippen LogP contribution in [0.5, 0.6) is 0 Å². The zero-order chi connectivity index (χ0) is 18.1. The van der Waals surface area contributed by atoms with Crippen LogP contribution in [-0.2, 0) is 0 Å². The number of benzene rings is 1. The van der Waals surface area contributed by atoms with Gasteiger partial charge in [0.15, 0.2) is 0 Å². The van der Waals surface area contributed by atoms with Crippen molar-refractivity contribution in [3.63, 3.8) is 0 Å². The zero-order valence-corrected chi connectivity index (χ0v) is 13.8. The van der Waals surface area contributed by atoms with Gasteiger partial charge < -0.3 is 15.4 Å². The molecule has 1 unspecified atom stereocenters. The van der Waals surface area contributed by atoms with Crippen molar-refractivity contribution < 1.29 is 9.90 Å². The van der Waals surface area contributed by atoms with Gasteiger partial charge in [0.25, 0.3) is 5.91 Å². The minimum absolute atomic E-state index is 0.267. The molecule has 4 rings (SSSR count). The Labute approximate surface area is 147 Å². The fourth-order valence-corrected chi connectivity index (χ4v) is 2.53. The first kappa shape index (κ1) is 15.9. The molecule has 0 aliphatic rings. The number of carbonyl (C=O) groups excluding carboxylic acids is 1. The number of aliphatic hydroxyl groups is 1. The van der Waals surface area contributed by atoms with E-state index in [1.807, 2.05) is 0 Å². The second-order valence-electron chi connectivity index (χ2n) is 5.76. The molecular weight excluding hydrogens is 334 g/mol. The molecule has 9 heteroatoms. The first-order valence-corrected chi connectivity index (χ1v) is 7.90. The van der Waals surface area contributed by atoms with Crippen LogP contribution in [-0.4, -0.2) is 40.7 Å². The van der Waals surface area contributed by atoms with Crippen molar-refractivity contribution in [2.75, 3.05) is 5.32 Å². The van der Waals surface area contributed by atoms with Crippen molar-refractivity contribution >= 4 is 22.6 Å². The Hall–Kier alpha value is -3.59. The number of nitrogens with one attached hydrogen (secondary N) is 2. The fraction of sp³-hybridized carbons (Fsp3) is 0.118. The fourth-order valence-electron chi connectivity index (χ4n) is 2.53. The third-order valence-corrected chi connectivity index (χ3v) is 3.84. The van der Waals surface area contributed by atoms with E-state index in [0.717, 1.165) is 11.0 Å². The Balaban J connectivity index is 1.58. The summed E-state index contributed by atoms with van der Waals surface area (Å²) < 4.78 is 1.62. The Morgan fingerprint density at radius 1 is 1.23 bits per heavy atom. The van der Waals surface area contributed by atoms with Crippen LogP contribution in [0.25, 0.3) is 16.9 Å². The smallest absolute Gasteiger partial charge is 0.255 e. The van der Waals surface area contributed by atoms with Crippen LogP contribution >= 0.6 is 0 Å². The lowest BCUT2D eigenvalue weighted by atomic mass is 10.2. The molecule has 130 valence electrons. The molecule has 0 aliphatic heterocycles. The number of aliphatic hydroxyl groups excluding tert-OH is 1. The second-order valence-corrected chi connectivity index (χ2v) is 5.76. The number of aromatic amines is 1. The molecule has 9 nitrogen and oxygen atoms in total. The Bertz CT molecular complexity index is 1070. The molecule has 26 heavy (non-hydrogen) atoms. The van der Waals surface area contributed by atoms with E-state index in [-0.39, 0.29) is 5.91 Å². The number of rotatable bonds is 4. The van der Waals surface area contributed by atoms with E-state index in [1.54, 1.807) is 48.0 Å². The number of imidazole rings is 1. The van der Waals surface area contributed by atoms with E-state index >= 15 is 0 Å². The summed E-state index contributed by atoms with van der Waals surface area (Å²) in [5.74, 6) is 0.765. The lowest BCUT2D eigenvalue weighted by Crippen LogP contribution is -2.12. The molecular formula is C17H15N7O2. The Morgan fingerprint density at radius 2 is 2.04 bits per heavy atom. The largest absolute Gasteiger partial charge is 0.385 e. The number of hydrogen-bond acceptors (Lipinski definition) is 6. The first-order valence-electron chi connectivity index (χ1n) is 7.90. The molecule has 1 amide bonds. The first-order chi connectivity index (χ1) is 12.6. The highest BCUT2D eigenvalue weighted by atomic mass is 16.3. The van der Waals surface area contributed by atoms with Crippen LogP contribution in [0, 0.1) is 0 Å². The summed E-state index contributed by atoms with van der Waals surface area (Å²) in [5.41, 5.74) is 2.53.